The second kappa shape index (κ2) is 10.00. The van der Waals surface area contributed by atoms with Gasteiger partial charge in [0.1, 0.15) is 11.5 Å². The van der Waals surface area contributed by atoms with Crippen molar-refractivity contribution in [3.05, 3.63) is 35.9 Å². The molecule has 148 valence electrons. The van der Waals surface area contributed by atoms with E-state index in [1.54, 1.807) is 21.1 Å². The lowest BCUT2D eigenvalue weighted by Gasteiger charge is -2.24. The SMILES string of the molecule is CC[C@H]1C/C=C\C[C@H](c2ccc(OC)cc2OC)NC(=O)[C@@H](C)CC(=O)N1. The lowest BCUT2D eigenvalue weighted by molar-refractivity contribution is -0.130. The number of amides is 2. The number of rotatable bonds is 4. The number of hydrogen-bond acceptors (Lipinski definition) is 4. The molecule has 0 aromatic heterocycles. The zero-order valence-corrected chi connectivity index (χ0v) is 16.6. The maximum atomic E-state index is 12.7. The quantitative estimate of drug-likeness (QED) is 0.794. The van der Waals surface area contributed by atoms with Crippen molar-refractivity contribution in [2.45, 2.75) is 51.6 Å². The van der Waals surface area contributed by atoms with E-state index < -0.39 is 5.92 Å². The highest BCUT2D eigenvalue weighted by molar-refractivity contribution is 5.86. The van der Waals surface area contributed by atoms with Gasteiger partial charge in [-0.2, -0.15) is 0 Å². The molecule has 0 aliphatic carbocycles. The molecule has 2 rings (SSSR count). The molecular weight excluding hydrogens is 344 g/mol. The molecule has 1 heterocycles. The third-order valence-electron chi connectivity index (χ3n) is 4.89. The van der Waals surface area contributed by atoms with E-state index in [0.29, 0.717) is 17.9 Å². The molecule has 27 heavy (non-hydrogen) atoms. The first kappa shape index (κ1) is 20.8. The number of carbonyl (C=O) groups excluding carboxylic acids is 2. The molecule has 6 heteroatoms. The highest BCUT2D eigenvalue weighted by Crippen LogP contribution is 2.31. The summed E-state index contributed by atoms with van der Waals surface area (Å²) in [7, 11) is 3.20. The fourth-order valence-corrected chi connectivity index (χ4v) is 3.16. The Hall–Kier alpha value is -2.50. The molecule has 3 atom stereocenters. The second-order valence-electron chi connectivity index (χ2n) is 6.89. The molecule has 1 aromatic carbocycles. The van der Waals surface area contributed by atoms with Crippen molar-refractivity contribution in [1.82, 2.24) is 10.6 Å². The smallest absolute Gasteiger partial charge is 0.223 e. The third-order valence-corrected chi connectivity index (χ3v) is 4.89. The summed E-state index contributed by atoms with van der Waals surface area (Å²) >= 11 is 0. The molecule has 1 aliphatic heterocycles. The van der Waals surface area contributed by atoms with E-state index in [1.165, 1.54) is 0 Å². The summed E-state index contributed by atoms with van der Waals surface area (Å²) in [6.45, 7) is 3.82. The second-order valence-corrected chi connectivity index (χ2v) is 6.89. The largest absolute Gasteiger partial charge is 0.497 e. The molecule has 0 fully saturated rings. The zero-order valence-electron chi connectivity index (χ0n) is 16.6. The van der Waals surface area contributed by atoms with Crippen molar-refractivity contribution in [3.8, 4) is 11.5 Å². The van der Waals surface area contributed by atoms with Crippen LogP contribution in [0.25, 0.3) is 0 Å². The number of nitrogens with one attached hydrogen (secondary N) is 2. The van der Waals surface area contributed by atoms with Crippen molar-refractivity contribution < 1.29 is 19.1 Å². The number of carbonyl (C=O) groups is 2. The summed E-state index contributed by atoms with van der Waals surface area (Å²) in [6, 6.07) is 5.44. The minimum absolute atomic E-state index is 0.0861. The molecule has 0 bridgehead atoms. The van der Waals surface area contributed by atoms with Crippen LogP contribution in [0.2, 0.25) is 0 Å². The Morgan fingerprint density at radius 2 is 1.81 bits per heavy atom. The normalized spacial score (nSPS) is 25.4. The van der Waals surface area contributed by atoms with Gasteiger partial charge < -0.3 is 20.1 Å². The van der Waals surface area contributed by atoms with Crippen LogP contribution in [0, 0.1) is 5.92 Å². The van der Waals surface area contributed by atoms with Crippen LogP contribution < -0.4 is 20.1 Å². The van der Waals surface area contributed by atoms with E-state index in [4.69, 9.17) is 9.47 Å². The molecule has 0 spiro atoms. The van der Waals surface area contributed by atoms with Crippen LogP contribution in [0.4, 0.5) is 0 Å². The van der Waals surface area contributed by atoms with Crippen LogP contribution >= 0.6 is 0 Å². The first-order valence-corrected chi connectivity index (χ1v) is 9.45. The Morgan fingerprint density at radius 1 is 1.07 bits per heavy atom. The van der Waals surface area contributed by atoms with E-state index in [-0.39, 0.29) is 30.3 Å². The van der Waals surface area contributed by atoms with E-state index in [2.05, 4.69) is 22.8 Å². The molecule has 2 N–H and O–H groups in total. The van der Waals surface area contributed by atoms with Crippen molar-refractivity contribution in [2.24, 2.45) is 5.92 Å². The maximum absolute atomic E-state index is 12.7. The van der Waals surface area contributed by atoms with Gasteiger partial charge in [0, 0.05) is 30.0 Å². The lowest BCUT2D eigenvalue weighted by atomic mass is 9.98. The van der Waals surface area contributed by atoms with Crippen LogP contribution in [0.3, 0.4) is 0 Å². The van der Waals surface area contributed by atoms with Crippen molar-refractivity contribution >= 4 is 11.8 Å². The van der Waals surface area contributed by atoms with Gasteiger partial charge in [0.05, 0.1) is 20.3 Å². The number of benzene rings is 1. The topological polar surface area (TPSA) is 76.7 Å². The predicted molar refractivity (Wildman–Crippen MR) is 105 cm³/mol. The number of methoxy groups -OCH3 is 2. The lowest BCUT2D eigenvalue weighted by Crippen LogP contribution is -2.39. The van der Waals surface area contributed by atoms with E-state index in [9.17, 15) is 9.59 Å². The molecular formula is C21H30N2O4. The first-order chi connectivity index (χ1) is 13.0. The average Bonchev–Trinajstić information content (AvgIpc) is 2.67. The minimum atomic E-state index is -0.405. The highest BCUT2D eigenvalue weighted by Gasteiger charge is 2.24. The van der Waals surface area contributed by atoms with Crippen LogP contribution in [-0.2, 0) is 9.59 Å². The monoisotopic (exact) mass is 374 g/mol. The van der Waals surface area contributed by atoms with E-state index in [0.717, 1.165) is 18.4 Å². The Kier molecular flexibility index (Phi) is 7.70. The summed E-state index contributed by atoms with van der Waals surface area (Å²) in [4.78, 5) is 24.9. The maximum Gasteiger partial charge on any atom is 0.223 e. The van der Waals surface area contributed by atoms with E-state index in [1.807, 2.05) is 25.1 Å². The van der Waals surface area contributed by atoms with Gasteiger partial charge in [0.25, 0.3) is 0 Å². The predicted octanol–water partition coefficient (Wildman–Crippen LogP) is 3.13. The van der Waals surface area contributed by atoms with Crippen molar-refractivity contribution in [2.75, 3.05) is 14.2 Å². The van der Waals surface area contributed by atoms with Crippen LogP contribution in [0.5, 0.6) is 11.5 Å². The zero-order chi connectivity index (χ0) is 19.8. The van der Waals surface area contributed by atoms with Gasteiger partial charge in [-0.25, -0.2) is 0 Å². The molecule has 1 aromatic rings. The molecule has 0 unspecified atom stereocenters. The summed E-state index contributed by atoms with van der Waals surface area (Å²) in [6.07, 6.45) is 6.57. The van der Waals surface area contributed by atoms with Gasteiger partial charge in [-0.1, -0.05) is 26.0 Å². The van der Waals surface area contributed by atoms with Gasteiger partial charge in [0.15, 0.2) is 0 Å². The molecule has 0 saturated carbocycles. The van der Waals surface area contributed by atoms with Crippen LogP contribution in [-0.4, -0.2) is 32.1 Å². The summed E-state index contributed by atoms with van der Waals surface area (Å²) in [5.41, 5.74) is 0.886. The van der Waals surface area contributed by atoms with Gasteiger partial charge in [-0.05, 0) is 31.4 Å². The van der Waals surface area contributed by atoms with Crippen LogP contribution in [0.1, 0.15) is 51.1 Å². The summed E-state index contributed by atoms with van der Waals surface area (Å²) < 4.78 is 10.8. The molecule has 6 nitrogen and oxygen atoms in total. The third kappa shape index (κ3) is 5.74. The summed E-state index contributed by atoms with van der Waals surface area (Å²) in [5, 5.41) is 6.07. The van der Waals surface area contributed by atoms with Gasteiger partial charge in [0.2, 0.25) is 11.8 Å². The van der Waals surface area contributed by atoms with Gasteiger partial charge >= 0.3 is 0 Å². The molecule has 0 radical (unpaired) electrons. The Bertz CT molecular complexity index is 687. The number of hydrogen-bond donors (Lipinski definition) is 2. The Labute approximate surface area is 161 Å². The van der Waals surface area contributed by atoms with Crippen LogP contribution in [0.15, 0.2) is 30.4 Å². The molecule has 2 amide bonds. The van der Waals surface area contributed by atoms with Gasteiger partial charge in [-0.3, -0.25) is 9.59 Å². The average molecular weight is 374 g/mol. The first-order valence-electron chi connectivity index (χ1n) is 9.45. The van der Waals surface area contributed by atoms with Crippen molar-refractivity contribution in [3.63, 3.8) is 0 Å². The Balaban J connectivity index is 2.31. The fraction of sp³-hybridized carbons (Fsp3) is 0.524. The van der Waals surface area contributed by atoms with Crippen molar-refractivity contribution in [1.29, 1.82) is 0 Å². The van der Waals surface area contributed by atoms with E-state index >= 15 is 0 Å². The summed E-state index contributed by atoms with van der Waals surface area (Å²) in [5.74, 6) is 0.725. The standard InChI is InChI=1S/C21H30N2O4/c1-5-15-8-6-7-9-18(23-21(25)14(2)12-20(24)22-15)17-11-10-16(26-3)13-19(17)27-4/h6-7,10-11,13-15,18H,5,8-9,12H2,1-4H3,(H,22,24)(H,23,25)/b7-6-/t14-,15-,18+/m0/s1. The number of ether oxygens (including phenoxy) is 2. The highest BCUT2D eigenvalue weighted by atomic mass is 16.5. The molecule has 1 aliphatic rings. The van der Waals surface area contributed by atoms with Gasteiger partial charge in [-0.15, -0.1) is 0 Å². The Morgan fingerprint density at radius 3 is 2.48 bits per heavy atom. The fourth-order valence-electron chi connectivity index (χ4n) is 3.16. The molecule has 0 saturated heterocycles. The minimum Gasteiger partial charge on any atom is -0.497 e.